The lowest BCUT2D eigenvalue weighted by atomic mass is 10.3. The molecular weight excluding hydrogens is 314 g/mol. The standard InChI is InChI=1S/C16H17N3O5/c1-10(15(21)19-9-8-17-16(19)22)23-14(20)7-6-13-18-11-4-2-3-5-12(11)24-13/h2-5,10H,6-9H2,1H3,(H,17,22)/t10-/m1/s1. The van der Waals surface area contributed by atoms with E-state index in [9.17, 15) is 14.4 Å². The zero-order valence-corrected chi connectivity index (χ0v) is 13.2. The number of para-hydroxylation sites is 2. The van der Waals surface area contributed by atoms with Crippen LogP contribution < -0.4 is 5.32 Å². The number of carbonyl (C=O) groups excluding carboxylic acids is 3. The molecular formula is C16H17N3O5. The van der Waals surface area contributed by atoms with E-state index in [1.165, 1.54) is 6.92 Å². The highest BCUT2D eigenvalue weighted by Crippen LogP contribution is 2.16. The summed E-state index contributed by atoms with van der Waals surface area (Å²) in [4.78, 5) is 40.7. The van der Waals surface area contributed by atoms with Gasteiger partial charge in [-0.1, -0.05) is 12.1 Å². The Morgan fingerprint density at radius 3 is 2.92 bits per heavy atom. The molecule has 1 N–H and O–H groups in total. The Balaban J connectivity index is 1.51. The zero-order chi connectivity index (χ0) is 17.1. The minimum atomic E-state index is -1.01. The number of esters is 1. The Morgan fingerprint density at radius 1 is 1.42 bits per heavy atom. The summed E-state index contributed by atoms with van der Waals surface area (Å²) in [5.41, 5.74) is 1.38. The molecule has 0 radical (unpaired) electrons. The molecule has 24 heavy (non-hydrogen) atoms. The quantitative estimate of drug-likeness (QED) is 0.827. The van der Waals surface area contributed by atoms with Gasteiger partial charge in [0, 0.05) is 19.5 Å². The van der Waals surface area contributed by atoms with Gasteiger partial charge in [-0.05, 0) is 19.1 Å². The van der Waals surface area contributed by atoms with Gasteiger partial charge in [0.1, 0.15) is 5.52 Å². The SMILES string of the molecule is C[C@@H](OC(=O)CCc1nc2ccccc2o1)C(=O)N1CCNC1=O. The van der Waals surface area contributed by atoms with Crippen molar-refractivity contribution in [1.82, 2.24) is 15.2 Å². The first kappa shape index (κ1) is 16.0. The molecule has 126 valence electrons. The van der Waals surface area contributed by atoms with E-state index in [2.05, 4.69) is 10.3 Å². The predicted octanol–water partition coefficient (Wildman–Crippen LogP) is 1.24. The topological polar surface area (TPSA) is 102 Å². The van der Waals surface area contributed by atoms with E-state index in [4.69, 9.17) is 9.15 Å². The van der Waals surface area contributed by atoms with Crippen molar-refractivity contribution in [3.63, 3.8) is 0 Å². The van der Waals surface area contributed by atoms with Gasteiger partial charge in [-0.2, -0.15) is 0 Å². The first-order valence-corrected chi connectivity index (χ1v) is 7.68. The van der Waals surface area contributed by atoms with Gasteiger partial charge in [0.25, 0.3) is 5.91 Å². The summed E-state index contributed by atoms with van der Waals surface area (Å²) in [6.07, 6.45) is -0.695. The van der Waals surface area contributed by atoms with E-state index in [1.54, 1.807) is 6.07 Å². The fourth-order valence-electron chi connectivity index (χ4n) is 2.44. The van der Waals surface area contributed by atoms with Gasteiger partial charge in [-0.25, -0.2) is 9.78 Å². The largest absolute Gasteiger partial charge is 0.453 e. The normalized spacial score (nSPS) is 15.4. The molecule has 8 nitrogen and oxygen atoms in total. The number of urea groups is 1. The van der Waals surface area contributed by atoms with Gasteiger partial charge in [0.2, 0.25) is 0 Å². The Hall–Kier alpha value is -2.90. The third-order valence-electron chi connectivity index (χ3n) is 3.66. The van der Waals surface area contributed by atoms with Crippen LogP contribution in [0.3, 0.4) is 0 Å². The maximum absolute atomic E-state index is 12.0. The third kappa shape index (κ3) is 3.37. The molecule has 8 heteroatoms. The molecule has 1 aliphatic heterocycles. The molecule has 2 heterocycles. The van der Waals surface area contributed by atoms with Crippen LogP contribution in [-0.4, -0.2) is 47.0 Å². The van der Waals surface area contributed by atoms with Gasteiger partial charge in [-0.3, -0.25) is 14.5 Å². The smallest absolute Gasteiger partial charge is 0.324 e. The minimum absolute atomic E-state index is 0.0383. The van der Waals surface area contributed by atoms with Crippen LogP contribution in [0.2, 0.25) is 0 Å². The molecule has 3 rings (SSSR count). The fourth-order valence-corrected chi connectivity index (χ4v) is 2.44. The van der Waals surface area contributed by atoms with Crippen LogP contribution in [0.25, 0.3) is 11.1 Å². The van der Waals surface area contributed by atoms with Gasteiger partial charge >= 0.3 is 12.0 Å². The van der Waals surface area contributed by atoms with Crippen LogP contribution >= 0.6 is 0 Å². The summed E-state index contributed by atoms with van der Waals surface area (Å²) in [5.74, 6) is -0.635. The molecule has 1 aliphatic rings. The fraction of sp³-hybridized carbons (Fsp3) is 0.375. The lowest BCUT2D eigenvalue weighted by molar-refractivity contribution is -0.157. The van der Waals surface area contributed by atoms with Crippen molar-refractivity contribution in [2.24, 2.45) is 0 Å². The van der Waals surface area contributed by atoms with Crippen LogP contribution in [0.1, 0.15) is 19.2 Å². The molecule has 0 unspecified atom stereocenters. The summed E-state index contributed by atoms with van der Waals surface area (Å²) in [5, 5.41) is 2.52. The summed E-state index contributed by atoms with van der Waals surface area (Å²) < 4.78 is 10.6. The van der Waals surface area contributed by atoms with Gasteiger partial charge in [-0.15, -0.1) is 0 Å². The summed E-state index contributed by atoms with van der Waals surface area (Å²) in [6.45, 7) is 2.14. The number of aryl methyl sites for hydroxylation is 1. The summed E-state index contributed by atoms with van der Waals surface area (Å²) in [7, 11) is 0. The Bertz CT molecular complexity index is 752. The third-order valence-corrected chi connectivity index (χ3v) is 3.66. The van der Waals surface area contributed by atoms with Gasteiger partial charge in [0.05, 0.1) is 6.42 Å². The van der Waals surface area contributed by atoms with Crippen LogP contribution in [0.4, 0.5) is 4.79 Å². The van der Waals surface area contributed by atoms with E-state index in [0.29, 0.717) is 18.0 Å². The van der Waals surface area contributed by atoms with Crippen molar-refractivity contribution in [1.29, 1.82) is 0 Å². The van der Waals surface area contributed by atoms with Gasteiger partial charge in [0.15, 0.2) is 17.6 Å². The second-order valence-corrected chi connectivity index (χ2v) is 5.43. The van der Waals surface area contributed by atoms with E-state index in [-0.39, 0.29) is 19.4 Å². The van der Waals surface area contributed by atoms with Crippen molar-refractivity contribution in [3.8, 4) is 0 Å². The lowest BCUT2D eigenvalue weighted by Gasteiger charge is -2.17. The van der Waals surface area contributed by atoms with Crippen LogP contribution in [0.15, 0.2) is 28.7 Å². The van der Waals surface area contributed by atoms with Crippen LogP contribution in [0, 0.1) is 0 Å². The van der Waals surface area contributed by atoms with Crippen LogP contribution in [0.5, 0.6) is 0 Å². The predicted molar refractivity (Wildman–Crippen MR) is 83.0 cm³/mol. The number of fused-ring (bicyclic) bond motifs is 1. The number of aromatic nitrogens is 1. The number of nitrogens with one attached hydrogen (secondary N) is 1. The number of hydrogen-bond donors (Lipinski definition) is 1. The van der Waals surface area contributed by atoms with Crippen LogP contribution in [-0.2, 0) is 20.7 Å². The second-order valence-electron chi connectivity index (χ2n) is 5.43. The van der Waals surface area contributed by atoms with Crippen molar-refractivity contribution >= 4 is 29.0 Å². The average Bonchev–Trinajstić information content (AvgIpc) is 3.17. The minimum Gasteiger partial charge on any atom is -0.453 e. The number of imide groups is 1. The molecule has 0 spiro atoms. The summed E-state index contributed by atoms with van der Waals surface area (Å²) >= 11 is 0. The van der Waals surface area contributed by atoms with Gasteiger partial charge < -0.3 is 14.5 Å². The number of hydrogen-bond acceptors (Lipinski definition) is 6. The Labute approximate surface area is 137 Å². The maximum atomic E-state index is 12.0. The number of oxazole rings is 1. The first-order chi connectivity index (χ1) is 11.5. The molecule has 0 saturated carbocycles. The number of carbonyl (C=O) groups is 3. The van der Waals surface area contributed by atoms with Crippen molar-refractivity contribution < 1.29 is 23.5 Å². The van der Waals surface area contributed by atoms with E-state index < -0.39 is 24.0 Å². The van der Waals surface area contributed by atoms with Crippen molar-refractivity contribution in [2.45, 2.75) is 25.9 Å². The maximum Gasteiger partial charge on any atom is 0.324 e. The molecule has 0 aliphatic carbocycles. The average molecular weight is 331 g/mol. The molecule has 1 aromatic heterocycles. The lowest BCUT2D eigenvalue weighted by Crippen LogP contribution is -2.41. The highest BCUT2D eigenvalue weighted by Gasteiger charge is 2.31. The van der Waals surface area contributed by atoms with E-state index in [0.717, 1.165) is 10.4 Å². The molecule has 1 saturated heterocycles. The van der Waals surface area contributed by atoms with E-state index >= 15 is 0 Å². The molecule has 0 bridgehead atoms. The monoisotopic (exact) mass is 331 g/mol. The molecule has 1 atom stereocenters. The van der Waals surface area contributed by atoms with Crippen molar-refractivity contribution in [2.75, 3.05) is 13.1 Å². The molecule has 2 aromatic rings. The number of benzene rings is 1. The number of nitrogens with zero attached hydrogens (tertiary/aromatic N) is 2. The number of rotatable bonds is 5. The highest BCUT2D eigenvalue weighted by molar-refractivity contribution is 5.98. The highest BCUT2D eigenvalue weighted by atomic mass is 16.5. The second kappa shape index (κ2) is 6.69. The number of ether oxygens (including phenoxy) is 1. The van der Waals surface area contributed by atoms with E-state index in [1.807, 2.05) is 18.2 Å². The molecule has 3 amide bonds. The molecule has 1 aromatic carbocycles. The Morgan fingerprint density at radius 2 is 2.21 bits per heavy atom. The first-order valence-electron chi connectivity index (χ1n) is 7.68. The molecule has 1 fully saturated rings. The van der Waals surface area contributed by atoms with Crippen molar-refractivity contribution in [3.05, 3.63) is 30.2 Å². The Kier molecular flexibility index (Phi) is 4.45. The zero-order valence-electron chi connectivity index (χ0n) is 13.2. The number of amides is 3. The summed E-state index contributed by atoms with van der Waals surface area (Å²) in [6, 6.07) is 6.85.